The SMILES string of the molecule is CCCCCCCCCCC[C@@H](CC(=O)N[C@@H]1CN(C(=O)OC(C)(C)C)[C@H](COCc2ccccc2)[C@H](OCc2ccccc2)[C@H]1OCc1ccccc1)OC(=O)CCCCCNC(=O)OCc1ccccc1. The molecule has 1 fully saturated rings. The lowest BCUT2D eigenvalue weighted by Gasteiger charge is -2.48. The summed E-state index contributed by atoms with van der Waals surface area (Å²) >= 11 is 0. The van der Waals surface area contributed by atoms with Gasteiger partial charge in [0.15, 0.2) is 0 Å². The summed E-state index contributed by atoms with van der Waals surface area (Å²) in [4.78, 5) is 56.1. The number of carbonyl (C=O) groups excluding carboxylic acids is 4. The number of ether oxygens (including phenoxy) is 6. The zero-order chi connectivity index (χ0) is 51.9. The molecular weight excluding hydrogens is 923 g/mol. The Morgan fingerprint density at radius 1 is 0.616 bits per heavy atom. The number of rotatable bonds is 32. The van der Waals surface area contributed by atoms with E-state index in [0.29, 0.717) is 38.8 Å². The Labute approximate surface area is 435 Å². The first-order valence-electron chi connectivity index (χ1n) is 26.8. The second kappa shape index (κ2) is 33.1. The number of alkyl carbamates (subject to hydrolysis) is 1. The molecule has 1 heterocycles. The number of unbranched alkanes of at least 4 members (excludes halogenated alkanes) is 10. The van der Waals surface area contributed by atoms with Crippen LogP contribution in [0.2, 0.25) is 0 Å². The third kappa shape index (κ3) is 23.3. The van der Waals surface area contributed by atoms with Crippen LogP contribution in [0.5, 0.6) is 0 Å². The van der Waals surface area contributed by atoms with E-state index in [0.717, 1.165) is 47.9 Å². The Balaban J connectivity index is 1.30. The van der Waals surface area contributed by atoms with Gasteiger partial charge < -0.3 is 39.1 Å². The molecule has 1 saturated heterocycles. The zero-order valence-electron chi connectivity index (χ0n) is 44.0. The van der Waals surface area contributed by atoms with Gasteiger partial charge in [0.1, 0.15) is 30.5 Å². The van der Waals surface area contributed by atoms with Crippen molar-refractivity contribution in [2.45, 2.75) is 186 Å². The normalized spacial score (nSPS) is 17.1. The van der Waals surface area contributed by atoms with E-state index in [2.05, 4.69) is 17.6 Å². The first-order valence-corrected chi connectivity index (χ1v) is 26.8. The van der Waals surface area contributed by atoms with E-state index < -0.39 is 48.2 Å². The van der Waals surface area contributed by atoms with Gasteiger partial charge in [-0.3, -0.25) is 14.5 Å². The van der Waals surface area contributed by atoms with Crippen LogP contribution < -0.4 is 10.6 Å². The molecule has 1 aliphatic rings. The number of amides is 3. The summed E-state index contributed by atoms with van der Waals surface area (Å²) in [7, 11) is 0. The van der Waals surface area contributed by atoms with Gasteiger partial charge in [-0.25, -0.2) is 9.59 Å². The Morgan fingerprint density at radius 2 is 1.12 bits per heavy atom. The van der Waals surface area contributed by atoms with Crippen LogP contribution in [0.4, 0.5) is 9.59 Å². The minimum atomic E-state index is -0.813. The molecule has 0 unspecified atom stereocenters. The van der Waals surface area contributed by atoms with Crippen LogP contribution in [-0.4, -0.2) is 84.7 Å². The zero-order valence-corrected chi connectivity index (χ0v) is 44.0. The number of hydrogen-bond donors (Lipinski definition) is 2. The summed E-state index contributed by atoms with van der Waals surface area (Å²) < 4.78 is 37.5. The van der Waals surface area contributed by atoms with Gasteiger partial charge in [-0.05, 0) is 68.7 Å². The number of benzene rings is 4. The lowest BCUT2D eigenvalue weighted by Crippen LogP contribution is -2.69. The Hall–Kier alpha value is -5.76. The molecule has 0 aliphatic carbocycles. The maximum atomic E-state index is 14.5. The molecule has 13 nitrogen and oxygen atoms in total. The van der Waals surface area contributed by atoms with Crippen molar-refractivity contribution in [3.05, 3.63) is 144 Å². The quantitative estimate of drug-likeness (QED) is 0.0275. The fourth-order valence-electron chi connectivity index (χ4n) is 8.88. The molecule has 3 amide bonds. The van der Waals surface area contributed by atoms with Crippen molar-refractivity contribution < 1.29 is 47.6 Å². The number of likely N-dealkylation sites (tertiary alicyclic amines) is 1. The number of piperidine rings is 1. The van der Waals surface area contributed by atoms with Crippen molar-refractivity contribution in [3.8, 4) is 0 Å². The summed E-state index contributed by atoms with van der Waals surface area (Å²) in [5.74, 6) is -0.698. The van der Waals surface area contributed by atoms with Crippen molar-refractivity contribution in [1.29, 1.82) is 0 Å². The van der Waals surface area contributed by atoms with Gasteiger partial charge in [0.05, 0.1) is 44.9 Å². The topological polar surface area (TPSA) is 151 Å². The van der Waals surface area contributed by atoms with Crippen LogP contribution in [0.15, 0.2) is 121 Å². The maximum absolute atomic E-state index is 14.5. The first kappa shape index (κ1) is 58.1. The first-order chi connectivity index (χ1) is 35.5. The van der Waals surface area contributed by atoms with E-state index in [1.807, 2.05) is 142 Å². The number of carbonyl (C=O) groups is 4. The minimum Gasteiger partial charge on any atom is -0.462 e. The minimum absolute atomic E-state index is 0.0486. The molecule has 0 spiro atoms. The van der Waals surface area contributed by atoms with Gasteiger partial charge >= 0.3 is 18.2 Å². The van der Waals surface area contributed by atoms with Crippen molar-refractivity contribution >= 4 is 24.1 Å². The fraction of sp³-hybridized carbons (Fsp3) is 0.533. The molecule has 4 aromatic carbocycles. The Kier molecular flexibility index (Phi) is 26.4. The average Bonchev–Trinajstić information content (AvgIpc) is 3.38. The van der Waals surface area contributed by atoms with Crippen LogP contribution >= 0.6 is 0 Å². The number of nitrogens with one attached hydrogen (secondary N) is 2. The standard InChI is InChI=1S/C60H83N3O10/c1-5-6-7-8-9-10-11-12-26-37-51(72-55(65)38-27-17-28-39-61-58(66)71-45-50-35-24-16-25-36-50)40-54(64)62-52-41-63(59(67)73-60(2,3)4)53(46-68-42-47-29-18-13-19-30-47)57(70-44-49-33-22-15-23-34-49)56(52)69-43-48-31-20-14-21-32-48/h13-16,18-25,29-36,51-53,56-57H,5-12,17,26-28,37-46H2,1-4H3,(H,61,66)(H,62,64)/t51-,52+,53+,56-,57-/m0/s1. The molecular formula is C60H83N3O10. The monoisotopic (exact) mass is 1010 g/mol. The smallest absolute Gasteiger partial charge is 0.410 e. The van der Waals surface area contributed by atoms with Crippen molar-refractivity contribution in [2.24, 2.45) is 0 Å². The predicted octanol–water partition coefficient (Wildman–Crippen LogP) is 12.2. The maximum Gasteiger partial charge on any atom is 0.410 e. The highest BCUT2D eigenvalue weighted by Gasteiger charge is 2.49. The van der Waals surface area contributed by atoms with Gasteiger partial charge in [-0.1, -0.05) is 186 Å². The second-order valence-electron chi connectivity index (χ2n) is 20.1. The van der Waals surface area contributed by atoms with Gasteiger partial charge in [0.25, 0.3) is 0 Å². The van der Waals surface area contributed by atoms with Gasteiger partial charge in [0, 0.05) is 19.5 Å². The molecule has 398 valence electrons. The van der Waals surface area contributed by atoms with Crippen LogP contribution in [-0.2, 0) is 64.4 Å². The molecule has 0 radical (unpaired) electrons. The molecule has 13 heteroatoms. The molecule has 5 atom stereocenters. The number of hydrogen-bond acceptors (Lipinski definition) is 10. The van der Waals surface area contributed by atoms with E-state index in [9.17, 15) is 19.2 Å². The third-order valence-corrected chi connectivity index (χ3v) is 12.7. The highest BCUT2D eigenvalue weighted by atomic mass is 16.6. The summed E-state index contributed by atoms with van der Waals surface area (Å²) in [5.41, 5.74) is 2.95. The summed E-state index contributed by atoms with van der Waals surface area (Å²) in [6.45, 7) is 9.20. The van der Waals surface area contributed by atoms with Crippen molar-refractivity contribution in [1.82, 2.24) is 15.5 Å². The number of nitrogens with zero attached hydrogens (tertiary/aromatic N) is 1. The number of esters is 1. The Morgan fingerprint density at radius 3 is 1.68 bits per heavy atom. The largest absolute Gasteiger partial charge is 0.462 e. The molecule has 0 bridgehead atoms. The van der Waals surface area contributed by atoms with Crippen molar-refractivity contribution in [2.75, 3.05) is 19.7 Å². The molecule has 73 heavy (non-hydrogen) atoms. The molecule has 5 rings (SSSR count). The highest BCUT2D eigenvalue weighted by molar-refractivity contribution is 5.78. The summed E-state index contributed by atoms with van der Waals surface area (Å²) in [6.07, 6.45) is 9.58. The van der Waals surface area contributed by atoms with E-state index in [4.69, 9.17) is 28.4 Å². The van der Waals surface area contributed by atoms with Gasteiger partial charge in [0.2, 0.25) is 5.91 Å². The van der Waals surface area contributed by atoms with Crippen LogP contribution in [0.3, 0.4) is 0 Å². The second-order valence-corrected chi connectivity index (χ2v) is 20.1. The Bertz CT molecular complexity index is 2140. The molecule has 1 aliphatic heterocycles. The van der Waals surface area contributed by atoms with E-state index in [1.165, 1.54) is 32.1 Å². The van der Waals surface area contributed by atoms with E-state index in [1.54, 1.807) is 4.90 Å². The lowest BCUT2D eigenvalue weighted by atomic mass is 9.91. The van der Waals surface area contributed by atoms with Crippen LogP contribution in [0, 0.1) is 0 Å². The predicted molar refractivity (Wildman–Crippen MR) is 284 cm³/mol. The fourth-order valence-corrected chi connectivity index (χ4v) is 8.88. The highest BCUT2D eigenvalue weighted by Crippen LogP contribution is 2.29. The third-order valence-electron chi connectivity index (χ3n) is 12.7. The molecule has 2 N–H and O–H groups in total. The van der Waals surface area contributed by atoms with Crippen molar-refractivity contribution in [3.63, 3.8) is 0 Å². The molecule has 4 aromatic rings. The van der Waals surface area contributed by atoms with Crippen LogP contribution in [0.25, 0.3) is 0 Å². The average molecular weight is 1010 g/mol. The van der Waals surface area contributed by atoms with E-state index in [-0.39, 0.29) is 57.7 Å². The molecule has 0 aromatic heterocycles. The van der Waals surface area contributed by atoms with Gasteiger partial charge in [-0.15, -0.1) is 0 Å². The van der Waals surface area contributed by atoms with Gasteiger partial charge in [-0.2, -0.15) is 0 Å². The summed E-state index contributed by atoms with van der Waals surface area (Å²) in [6, 6.07) is 37.5. The van der Waals surface area contributed by atoms with Crippen LogP contribution in [0.1, 0.15) is 146 Å². The lowest BCUT2D eigenvalue weighted by molar-refractivity contribution is -0.168. The molecule has 0 saturated carbocycles. The summed E-state index contributed by atoms with van der Waals surface area (Å²) in [5, 5.41) is 6.02. The van der Waals surface area contributed by atoms with E-state index >= 15 is 0 Å².